The predicted octanol–water partition coefficient (Wildman–Crippen LogP) is 0.590. The number of nitrogens with zero attached hydrogens (tertiary/aromatic N) is 1. The van der Waals surface area contributed by atoms with E-state index in [4.69, 9.17) is 10.3 Å². The lowest BCUT2D eigenvalue weighted by molar-refractivity contribution is 0.295. The van der Waals surface area contributed by atoms with Gasteiger partial charge in [0.05, 0.1) is 10.9 Å². The fourth-order valence-corrected chi connectivity index (χ4v) is 1.51. The molecule has 0 saturated heterocycles. The van der Waals surface area contributed by atoms with Crippen molar-refractivity contribution in [3.8, 4) is 0 Å². The third-order valence-corrected chi connectivity index (χ3v) is 2.09. The monoisotopic (exact) mass is 178 g/mol. The van der Waals surface area contributed by atoms with Gasteiger partial charge in [0.15, 0.2) is 0 Å². The third-order valence-electron chi connectivity index (χ3n) is 2.09. The molecule has 4 heteroatoms. The Morgan fingerprint density at radius 1 is 1.54 bits per heavy atom. The Kier molecular flexibility index (Phi) is 1.70. The maximum absolute atomic E-state index is 11.2. The number of benzene rings is 1. The first-order valence-corrected chi connectivity index (χ1v) is 4.02. The standard InChI is InChI=1S/C9H10N2O2/c1-11-8-6(5-10)3-2-4-7(8)9(12)13-11/h2-4H,5,10H2,1H3. The fourth-order valence-electron chi connectivity index (χ4n) is 1.51. The fraction of sp³-hybridized carbons (Fsp3) is 0.222. The summed E-state index contributed by atoms with van der Waals surface area (Å²) in [7, 11) is 1.70. The molecule has 1 aromatic carbocycles. The average molecular weight is 178 g/mol. The van der Waals surface area contributed by atoms with Crippen LogP contribution >= 0.6 is 0 Å². The Bertz CT molecular complexity index is 496. The Morgan fingerprint density at radius 2 is 2.31 bits per heavy atom. The van der Waals surface area contributed by atoms with E-state index < -0.39 is 0 Å². The zero-order valence-corrected chi connectivity index (χ0v) is 7.28. The first kappa shape index (κ1) is 8.07. The first-order valence-electron chi connectivity index (χ1n) is 4.02. The summed E-state index contributed by atoms with van der Waals surface area (Å²) in [5.41, 5.74) is 6.93. The molecular weight excluding hydrogens is 168 g/mol. The molecule has 0 bridgehead atoms. The second-order valence-electron chi connectivity index (χ2n) is 2.89. The third kappa shape index (κ3) is 1.07. The predicted molar refractivity (Wildman–Crippen MR) is 49.3 cm³/mol. The van der Waals surface area contributed by atoms with Crippen LogP contribution in [0.15, 0.2) is 27.5 Å². The number of fused-ring (bicyclic) bond motifs is 1. The lowest BCUT2D eigenvalue weighted by atomic mass is 10.1. The second kappa shape index (κ2) is 2.74. The molecule has 2 rings (SSSR count). The van der Waals surface area contributed by atoms with Crippen LogP contribution in [0.1, 0.15) is 5.56 Å². The number of para-hydroxylation sites is 1. The van der Waals surface area contributed by atoms with E-state index in [9.17, 15) is 4.79 Å². The molecule has 0 aliphatic rings. The van der Waals surface area contributed by atoms with Crippen molar-refractivity contribution in [3.05, 3.63) is 34.2 Å². The molecule has 68 valence electrons. The maximum atomic E-state index is 11.2. The molecule has 0 atom stereocenters. The van der Waals surface area contributed by atoms with Crippen molar-refractivity contribution in [3.63, 3.8) is 0 Å². The molecule has 1 aromatic heterocycles. The van der Waals surface area contributed by atoms with Gasteiger partial charge in [-0.05, 0) is 11.6 Å². The summed E-state index contributed by atoms with van der Waals surface area (Å²) >= 11 is 0. The minimum atomic E-state index is -0.312. The van der Waals surface area contributed by atoms with Gasteiger partial charge in [0, 0.05) is 13.6 Å². The number of nitrogens with two attached hydrogens (primary N) is 1. The molecule has 0 spiro atoms. The minimum Gasteiger partial charge on any atom is -0.336 e. The van der Waals surface area contributed by atoms with Crippen molar-refractivity contribution in [1.82, 2.24) is 4.74 Å². The smallest absolute Gasteiger partial charge is 0.336 e. The molecule has 0 fully saturated rings. The largest absolute Gasteiger partial charge is 0.365 e. The van der Waals surface area contributed by atoms with Crippen molar-refractivity contribution in [1.29, 1.82) is 0 Å². The number of aryl methyl sites for hydroxylation is 1. The van der Waals surface area contributed by atoms with Crippen molar-refractivity contribution in [2.45, 2.75) is 6.54 Å². The molecule has 2 aromatic rings. The van der Waals surface area contributed by atoms with Crippen LogP contribution < -0.4 is 11.4 Å². The van der Waals surface area contributed by atoms with Crippen LogP contribution in [0.25, 0.3) is 10.9 Å². The molecule has 0 unspecified atom stereocenters. The van der Waals surface area contributed by atoms with Crippen molar-refractivity contribution in [2.75, 3.05) is 0 Å². The van der Waals surface area contributed by atoms with Crippen LogP contribution in [0.4, 0.5) is 0 Å². The Morgan fingerprint density at radius 3 is 3.00 bits per heavy atom. The summed E-state index contributed by atoms with van der Waals surface area (Å²) in [5, 5.41) is 0.588. The molecule has 1 heterocycles. The van der Waals surface area contributed by atoms with Crippen LogP contribution in [-0.4, -0.2) is 4.74 Å². The molecule has 4 nitrogen and oxygen atoms in total. The van der Waals surface area contributed by atoms with Gasteiger partial charge in [0.1, 0.15) is 0 Å². The highest BCUT2D eigenvalue weighted by atomic mass is 16.5. The van der Waals surface area contributed by atoms with E-state index >= 15 is 0 Å². The number of hydrogen-bond donors (Lipinski definition) is 1. The van der Waals surface area contributed by atoms with E-state index in [0.717, 1.165) is 11.1 Å². The molecule has 0 radical (unpaired) electrons. The van der Waals surface area contributed by atoms with Crippen molar-refractivity contribution in [2.24, 2.45) is 12.8 Å². The number of hydrogen-bond acceptors (Lipinski definition) is 3. The SMILES string of the molecule is Cn1oc(=O)c2cccc(CN)c21. The van der Waals surface area contributed by atoms with Gasteiger partial charge in [-0.15, -0.1) is 0 Å². The summed E-state index contributed by atoms with van der Waals surface area (Å²) < 4.78 is 6.37. The van der Waals surface area contributed by atoms with E-state index in [1.807, 2.05) is 6.07 Å². The second-order valence-corrected chi connectivity index (χ2v) is 2.89. The van der Waals surface area contributed by atoms with E-state index in [1.54, 1.807) is 19.2 Å². The summed E-state index contributed by atoms with van der Waals surface area (Å²) in [6.07, 6.45) is 0. The highest BCUT2D eigenvalue weighted by molar-refractivity contribution is 5.81. The lowest BCUT2D eigenvalue weighted by Crippen LogP contribution is -1.99. The van der Waals surface area contributed by atoms with Crippen LogP contribution in [0, 0.1) is 0 Å². The summed E-state index contributed by atoms with van der Waals surface area (Å²) in [4.78, 5) is 11.2. The molecule has 2 N–H and O–H groups in total. The zero-order valence-electron chi connectivity index (χ0n) is 7.28. The zero-order chi connectivity index (χ0) is 9.42. The van der Waals surface area contributed by atoms with Gasteiger partial charge in [-0.3, -0.25) is 0 Å². The first-order chi connectivity index (χ1) is 6.24. The molecule has 0 saturated carbocycles. The van der Waals surface area contributed by atoms with Gasteiger partial charge in [-0.2, -0.15) is 0 Å². The van der Waals surface area contributed by atoms with E-state index in [2.05, 4.69) is 0 Å². The highest BCUT2D eigenvalue weighted by Gasteiger charge is 2.08. The Balaban J connectivity index is 2.97. The molecule has 0 amide bonds. The van der Waals surface area contributed by atoms with Crippen LogP contribution in [-0.2, 0) is 13.6 Å². The molecular formula is C9H10N2O2. The quantitative estimate of drug-likeness (QED) is 0.695. The van der Waals surface area contributed by atoms with Crippen LogP contribution in [0.5, 0.6) is 0 Å². The van der Waals surface area contributed by atoms with Gasteiger partial charge in [0.2, 0.25) is 0 Å². The maximum Gasteiger partial charge on any atom is 0.365 e. The minimum absolute atomic E-state index is 0.312. The Labute approximate surface area is 74.5 Å². The average Bonchev–Trinajstić information content (AvgIpc) is 2.43. The van der Waals surface area contributed by atoms with Crippen molar-refractivity contribution < 1.29 is 4.52 Å². The number of aromatic nitrogens is 1. The van der Waals surface area contributed by atoms with Gasteiger partial charge in [-0.1, -0.05) is 12.1 Å². The molecule has 13 heavy (non-hydrogen) atoms. The van der Waals surface area contributed by atoms with Crippen LogP contribution in [0.3, 0.4) is 0 Å². The summed E-state index contributed by atoms with van der Waals surface area (Å²) in [5.74, 6) is 0. The molecule has 0 aliphatic heterocycles. The van der Waals surface area contributed by atoms with Gasteiger partial charge < -0.3 is 10.3 Å². The van der Waals surface area contributed by atoms with E-state index in [0.29, 0.717) is 11.9 Å². The lowest BCUT2D eigenvalue weighted by Gasteiger charge is -1.99. The summed E-state index contributed by atoms with van der Waals surface area (Å²) in [6.45, 7) is 0.407. The normalized spacial score (nSPS) is 10.9. The van der Waals surface area contributed by atoms with Gasteiger partial charge >= 0.3 is 5.63 Å². The Hall–Kier alpha value is -1.55. The van der Waals surface area contributed by atoms with E-state index in [1.165, 1.54) is 4.74 Å². The molecule has 0 aliphatic carbocycles. The van der Waals surface area contributed by atoms with Gasteiger partial charge in [0.25, 0.3) is 0 Å². The highest BCUT2D eigenvalue weighted by Crippen LogP contribution is 2.14. The van der Waals surface area contributed by atoms with Gasteiger partial charge in [-0.25, -0.2) is 9.53 Å². The number of rotatable bonds is 1. The van der Waals surface area contributed by atoms with Crippen LogP contribution in [0.2, 0.25) is 0 Å². The van der Waals surface area contributed by atoms with E-state index in [-0.39, 0.29) is 5.63 Å². The summed E-state index contributed by atoms with van der Waals surface area (Å²) in [6, 6.07) is 5.43. The van der Waals surface area contributed by atoms with Crippen molar-refractivity contribution >= 4 is 10.9 Å². The topological polar surface area (TPSA) is 61.2 Å².